The number of rotatable bonds is 6. The highest BCUT2D eigenvalue weighted by Crippen LogP contribution is 2.40. The topological polar surface area (TPSA) is 103 Å². The quantitative estimate of drug-likeness (QED) is 0.390. The van der Waals surface area contributed by atoms with Crippen LogP contribution in [0.5, 0.6) is 0 Å². The molecule has 1 amide bonds. The normalized spacial score (nSPS) is 19.9. The molecule has 198 valence electrons. The number of piperazine rings is 1. The third kappa shape index (κ3) is 4.56. The molecule has 10 heteroatoms. The highest BCUT2D eigenvalue weighted by Gasteiger charge is 2.36. The molecule has 3 aliphatic rings. The fraction of sp³-hybridized carbons (Fsp3) is 0.414. The number of carbonyl (C=O) groups excluding carboxylic acids is 1. The number of benzene rings is 1. The second-order valence-corrected chi connectivity index (χ2v) is 11.7. The molecular formula is C29H30N8OS. The van der Waals surface area contributed by atoms with Gasteiger partial charge >= 0.3 is 0 Å². The van der Waals surface area contributed by atoms with Crippen LogP contribution < -0.4 is 10.2 Å². The summed E-state index contributed by atoms with van der Waals surface area (Å²) >= 11 is 1.82. The Morgan fingerprint density at radius 2 is 1.95 bits per heavy atom. The lowest BCUT2D eigenvalue weighted by Crippen LogP contribution is -2.47. The molecule has 0 radical (unpaired) electrons. The van der Waals surface area contributed by atoms with Gasteiger partial charge in [0.15, 0.2) is 5.65 Å². The van der Waals surface area contributed by atoms with E-state index in [1.54, 1.807) is 12.1 Å². The van der Waals surface area contributed by atoms with Crippen LogP contribution in [0.25, 0.3) is 11.0 Å². The van der Waals surface area contributed by atoms with Gasteiger partial charge in [-0.3, -0.25) is 14.4 Å². The van der Waals surface area contributed by atoms with Gasteiger partial charge in [-0.15, -0.1) is 11.3 Å². The summed E-state index contributed by atoms with van der Waals surface area (Å²) in [4.78, 5) is 29.5. The van der Waals surface area contributed by atoms with Crippen molar-refractivity contribution in [3.63, 3.8) is 0 Å². The molecule has 0 spiro atoms. The largest absolute Gasteiger partial charge is 0.338 e. The van der Waals surface area contributed by atoms with Crippen LogP contribution in [0.2, 0.25) is 0 Å². The van der Waals surface area contributed by atoms with E-state index in [4.69, 9.17) is 15.1 Å². The molecule has 1 saturated heterocycles. The smallest absolute Gasteiger partial charge is 0.238 e. The van der Waals surface area contributed by atoms with Gasteiger partial charge in [-0.25, -0.2) is 4.98 Å². The number of amides is 1. The number of thiophene rings is 1. The molecule has 4 aromatic rings. The lowest BCUT2D eigenvalue weighted by Gasteiger charge is -2.34. The van der Waals surface area contributed by atoms with Crippen molar-refractivity contribution in [1.82, 2.24) is 24.6 Å². The minimum Gasteiger partial charge on any atom is -0.338 e. The third-order valence-electron chi connectivity index (χ3n) is 8.31. The summed E-state index contributed by atoms with van der Waals surface area (Å²) in [6, 6.07) is 12.2. The van der Waals surface area contributed by atoms with E-state index in [1.165, 1.54) is 17.7 Å². The molecule has 7 rings (SSSR count). The van der Waals surface area contributed by atoms with Gasteiger partial charge in [0.05, 0.1) is 28.8 Å². The molecule has 9 nitrogen and oxygen atoms in total. The molecule has 1 aromatic carbocycles. The van der Waals surface area contributed by atoms with Gasteiger partial charge in [0, 0.05) is 49.5 Å². The standard InChI is InChI=1S/C29H30N8OS/c30-17-19-7-8-24-22(16-19)25(28(38)31-24)26-23-18-37(20-4-1-2-5-20)34-27(23)33-29(32-26)36-13-11-35(12-14-36)10-9-21-6-3-15-39-21/h3,6-8,15-16,18,20,25H,1-2,4-5,9-14H2,(H,31,38). The van der Waals surface area contributed by atoms with Gasteiger partial charge < -0.3 is 10.2 Å². The van der Waals surface area contributed by atoms with E-state index in [0.717, 1.165) is 68.6 Å². The van der Waals surface area contributed by atoms with Crippen LogP contribution >= 0.6 is 11.3 Å². The summed E-state index contributed by atoms with van der Waals surface area (Å²) in [6.07, 6.45) is 7.73. The Balaban J connectivity index is 1.22. The van der Waals surface area contributed by atoms with Gasteiger partial charge in [0.25, 0.3) is 0 Å². The Morgan fingerprint density at radius 1 is 1.10 bits per heavy atom. The molecule has 1 atom stereocenters. The maximum absolute atomic E-state index is 13.3. The number of nitriles is 1. The van der Waals surface area contributed by atoms with E-state index in [-0.39, 0.29) is 5.91 Å². The van der Waals surface area contributed by atoms with Gasteiger partial charge in [-0.05, 0) is 54.5 Å². The minimum absolute atomic E-state index is 0.127. The second kappa shape index (κ2) is 10.1. The zero-order valence-corrected chi connectivity index (χ0v) is 22.5. The molecule has 5 heterocycles. The minimum atomic E-state index is -0.606. The molecule has 0 bridgehead atoms. The Kier molecular flexibility index (Phi) is 6.25. The number of hydrogen-bond donors (Lipinski definition) is 1. The van der Waals surface area contributed by atoms with Crippen molar-refractivity contribution >= 4 is 39.9 Å². The van der Waals surface area contributed by atoms with Crippen molar-refractivity contribution in [2.75, 3.05) is 42.9 Å². The lowest BCUT2D eigenvalue weighted by molar-refractivity contribution is -0.116. The zero-order chi connectivity index (χ0) is 26.3. The number of anilines is 2. The molecule has 39 heavy (non-hydrogen) atoms. The van der Waals surface area contributed by atoms with Crippen LogP contribution in [0, 0.1) is 11.3 Å². The Hall–Kier alpha value is -3.81. The van der Waals surface area contributed by atoms with E-state index < -0.39 is 5.92 Å². The van der Waals surface area contributed by atoms with E-state index in [2.05, 4.69) is 38.7 Å². The fourth-order valence-corrected chi connectivity index (χ4v) is 6.85. The second-order valence-electron chi connectivity index (χ2n) is 10.7. The monoisotopic (exact) mass is 538 g/mol. The third-order valence-corrected chi connectivity index (χ3v) is 9.24. The molecule has 1 saturated carbocycles. The van der Waals surface area contributed by atoms with Crippen molar-refractivity contribution in [3.05, 3.63) is 63.6 Å². The van der Waals surface area contributed by atoms with E-state index in [1.807, 2.05) is 28.3 Å². The molecule has 2 aliphatic heterocycles. The molecular weight excluding hydrogens is 508 g/mol. The average Bonchev–Trinajstić information content (AvgIpc) is 3.77. The first-order valence-electron chi connectivity index (χ1n) is 13.8. The average molecular weight is 539 g/mol. The van der Waals surface area contributed by atoms with Crippen molar-refractivity contribution < 1.29 is 4.79 Å². The summed E-state index contributed by atoms with van der Waals surface area (Å²) < 4.78 is 2.04. The van der Waals surface area contributed by atoms with E-state index in [9.17, 15) is 10.1 Å². The van der Waals surface area contributed by atoms with Gasteiger partial charge in [-0.1, -0.05) is 18.9 Å². The highest BCUT2D eigenvalue weighted by atomic mass is 32.1. The van der Waals surface area contributed by atoms with Gasteiger partial charge in [-0.2, -0.15) is 15.3 Å². The Morgan fingerprint density at radius 3 is 2.72 bits per heavy atom. The first-order chi connectivity index (χ1) is 19.2. The number of carbonyl (C=O) groups is 1. The van der Waals surface area contributed by atoms with Gasteiger partial charge in [0.2, 0.25) is 11.9 Å². The SMILES string of the molecule is N#Cc1ccc2c(c1)C(c1nc(N3CCN(CCc4cccs4)CC3)nc3nn(C4CCCC4)cc13)C(=O)N2. The van der Waals surface area contributed by atoms with Crippen molar-refractivity contribution in [1.29, 1.82) is 5.26 Å². The van der Waals surface area contributed by atoms with Crippen LogP contribution in [0.3, 0.4) is 0 Å². The Bertz CT molecular complexity index is 1560. The predicted molar refractivity (Wildman–Crippen MR) is 151 cm³/mol. The highest BCUT2D eigenvalue weighted by molar-refractivity contribution is 7.09. The van der Waals surface area contributed by atoms with Crippen molar-refractivity contribution in [2.24, 2.45) is 0 Å². The summed E-state index contributed by atoms with van der Waals surface area (Å²) in [5, 5.41) is 20.4. The number of hydrogen-bond acceptors (Lipinski definition) is 8. The molecule has 1 unspecified atom stereocenters. The maximum atomic E-state index is 13.3. The molecule has 2 fully saturated rings. The van der Waals surface area contributed by atoms with Crippen LogP contribution in [-0.2, 0) is 11.2 Å². The Labute approximate surface area is 231 Å². The van der Waals surface area contributed by atoms with Crippen LogP contribution in [-0.4, -0.2) is 63.3 Å². The first-order valence-corrected chi connectivity index (χ1v) is 14.7. The molecule has 3 aromatic heterocycles. The first kappa shape index (κ1) is 24.2. The number of nitrogens with zero attached hydrogens (tertiary/aromatic N) is 7. The van der Waals surface area contributed by atoms with E-state index >= 15 is 0 Å². The van der Waals surface area contributed by atoms with Crippen molar-refractivity contribution in [3.8, 4) is 6.07 Å². The van der Waals surface area contributed by atoms with Crippen LogP contribution in [0.4, 0.5) is 11.6 Å². The predicted octanol–water partition coefficient (Wildman–Crippen LogP) is 4.32. The molecule has 1 N–H and O–H groups in total. The zero-order valence-electron chi connectivity index (χ0n) is 21.7. The van der Waals surface area contributed by atoms with Crippen molar-refractivity contribution in [2.45, 2.75) is 44.1 Å². The number of nitrogens with one attached hydrogen (secondary N) is 1. The summed E-state index contributed by atoms with van der Waals surface area (Å²) in [5.41, 5.74) is 3.36. The summed E-state index contributed by atoms with van der Waals surface area (Å²) in [5.74, 6) is -0.103. The lowest BCUT2D eigenvalue weighted by atomic mass is 9.94. The van der Waals surface area contributed by atoms with Gasteiger partial charge in [0.1, 0.15) is 5.92 Å². The maximum Gasteiger partial charge on any atom is 0.238 e. The fourth-order valence-electron chi connectivity index (χ4n) is 6.15. The van der Waals surface area contributed by atoms with E-state index in [0.29, 0.717) is 28.9 Å². The van der Waals surface area contributed by atoms with Crippen LogP contribution in [0.15, 0.2) is 41.9 Å². The number of fused-ring (bicyclic) bond motifs is 2. The molecule has 1 aliphatic carbocycles. The van der Waals surface area contributed by atoms with Crippen LogP contribution in [0.1, 0.15) is 59.3 Å². The summed E-state index contributed by atoms with van der Waals surface area (Å²) in [7, 11) is 0. The number of aromatic nitrogens is 4. The summed E-state index contributed by atoms with van der Waals surface area (Å²) in [6.45, 7) is 4.58.